The van der Waals surface area contributed by atoms with Crippen molar-refractivity contribution in [2.24, 2.45) is 11.8 Å². The van der Waals surface area contributed by atoms with Crippen molar-refractivity contribution in [1.82, 2.24) is 10.0 Å². The predicted molar refractivity (Wildman–Crippen MR) is 170 cm³/mol. The molecule has 2 amide bonds. The van der Waals surface area contributed by atoms with Crippen molar-refractivity contribution >= 4 is 39.3 Å². The number of amides is 2. The fourth-order valence-corrected chi connectivity index (χ4v) is 8.48. The highest BCUT2D eigenvalue weighted by Crippen LogP contribution is 2.47. The first-order valence-corrected chi connectivity index (χ1v) is 17.3. The van der Waals surface area contributed by atoms with E-state index in [1.807, 2.05) is 18.2 Å². The van der Waals surface area contributed by atoms with Gasteiger partial charge in [0.15, 0.2) is 0 Å². The number of anilines is 1. The lowest BCUT2D eigenvalue weighted by molar-refractivity contribution is -0.139. The number of hydrogen-bond donors (Lipinski definition) is 2. The normalized spacial score (nSPS) is 29.5. The number of benzene rings is 2. The Morgan fingerprint density at radius 1 is 1.18 bits per heavy atom. The molecule has 1 fully saturated rings. The van der Waals surface area contributed by atoms with Crippen molar-refractivity contribution in [2.75, 3.05) is 38.3 Å². The Kier molecular flexibility index (Phi) is 8.56. The van der Waals surface area contributed by atoms with E-state index in [1.165, 1.54) is 38.2 Å². The molecule has 2 bridgehead atoms. The summed E-state index contributed by atoms with van der Waals surface area (Å²) in [5.41, 5.74) is 1.30. The predicted octanol–water partition coefficient (Wildman–Crippen LogP) is 4.73. The van der Waals surface area contributed by atoms with Crippen LogP contribution in [0, 0.1) is 11.8 Å². The van der Waals surface area contributed by atoms with E-state index in [9.17, 15) is 18.0 Å². The number of hydrogen-bond acceptors (Lipinski definition) is 8. The van der Waals surface area contributed by atoms with Gasteiger partial charge < -0.3 is 24.4 Å². The average molecular weight is 658 g/mol. The van der Waals surface area contributed by atoms with Crippen LogP contribution in [0.3, 0.4) is 0 Å². The molecule has 1 spiro atoms. The Morgan fingerprint density at radius 3 is 2.76 bits per heavy atom. The molecule has 1 saturated carbocycles. The summed E-state index contributed by atoms with van der Waals surface area (Å²) in [6.45, 7) is 4.75. The molecule has 2 aromatic rings. The third-order valence-electron chi connectivity index (χ3n) is 9.84. The van der Waals surface area contributed by atoms with Gasteiger partial charge in [0, 0.05) is 23.5 Å². The zero-order valence-corrected chi connectivity index (χ0v) is 27.4. The Bertz CT molecular complexity index is 1630. The van der Waals surface area contributed by atoms with Gasteiger partial charge in [-0.3, -0.25) is 4.79 Å². The Hall–Kier alpha value is -3.28. The SMILES string of the molecule is COC(=O)N[C@H]1/C=C\COC(C)(C)C(=O)NS(=O)(=O)c2ccc3c(c2)N(C[C@@H]2CC[C@H]21)C[C@@]1(CCCc2cc(Cl)ccc21)CO3. The standard InChI is InChI=1S/C33H40ClN3O7S/c1-32(2)30(38)36-45(40,41)24-10-13-29-28(17-24)37(18-22-8-11-25(22)27(7-5-15-44-32)35-31(39)42-3)19-33(20-43-29)14-4-6-21-16-23(34)9-12-26(21)33/h5,7,9-10,12-13,16-17,22,25,27H,4,6,8,11,14-15,18-20H2,1-3H3,(H,35,39)(H,36,38)/b7-5-/t22-,25+,27-,33-/m0/s1. The number of carbonyl (C=O) groups excluding carboxylic acids is 2. The first kappa shape index (κ1) is 31.7. The van der Waals surface area contributed by atoms with E-state index in [0.29, 0.717) is 36.2 Å². The molecule has 6 rings (SSSR count). The quantitative estimate of drug-likeness (QED) is 0.422. The van der Waals surface area contributed by atoms with Crippen LogP contribution in [0.5, 0.6) is 5.75 Å². The average Bonchev–Trinajstić information content (AvgIpc) is 3.13. The van der Waals surface area contributed by atoms with Crippen LogP contribution in [-0.4, -0.2) is 65.5 Å². The fraction of sp³-hybridized carbons (Fsp3) is 0.515. The minimum atomic E-state index is -4.22. The smallest absolute Gasteiger partial charge is 0.407 e. The second-order valence-corrected chi connectivity index (χ2v) is 15.2. The molecule has 242 valence electrons. The topological polar surface area (TPSA) is 123 Å². The number of nitrogens with one attached hydrogen (secondary N) is 2. The largest absolute Gasteiger partial charge is 0.490 e. The first-order chi connectivity index (χ1) is 21.4. The van der Waals surface area contributed by atoms with E-state index in [4.69, 9.17) is 25.8 Å². The molecule has 2 N–H and O–H groups in total. The number of alkyl carbamates (subject to hydrolysis) is 1. The molecule has 12 heteroatoms. The lowest BCUT2D eigenvalue weighted by atomic mass is 9.68. The molecular formula is C33H40ClN3O7S. The highest BCUT2D eigenvalue weighted by atomic mass is 35.5. The van der Waals surface area contributed by atoms with E-state index in [0.717, 1.165) is 32.1 Å². The number of aryl methyl sites for hydroxylation is 1. The number of nitrogens with zero attached hydrogens (tertiary/aromatic N) is 1. The zero-order chi connectivity index (χ0) is 32.0. The van der Waals surface area contributed by atoms with Crippen LogP contribution in [0.2, 0.25) is 5.02 Å². The number of methoxy groups -OCH3 is 1. The summed E-state index contributed by atoms with van der Waals surface area (Å²) in [4.78, 5) is 27.7. The summed E-state index contributed by atoms with van der Waals surface area (Å²) in [7, 11) is -2.88. The number of sulfonamides is 1. The summed E-state index contributed by atoms with van der Waals surface area (Å²) >= 11 is 6.40. The molecule has 0 unspecified atom stereocenters. The summed E-state index contributed by atoms with van der Waals surface area (Å²) in [5.74, 6) is 0.101. The van der Waals surface area contributed by atoms with Gasteiger partial charge >= 0.3 is 6.09 Å². The highest BCUT2D eigenvalue weighted by molar-refractivity contribution is 7.90. The van der Waals surface area contributed by atoms with Crippen molar-refractivity contribution in [1.29, 1.82) is 0 Å². The highest BCUT2D eigenvalue weighted by Gasteiger charge is 2.45. The molecule has 4 atom stereocenters. The van der Waals surface area contributed by atoms with Crippen LogP contribution in [0.15, 0.2) is 53.4 Å². The van der Waals surface area contributed by atoms with Crippen LogP contribution in [0.25, 0.3) is 0 Å². The van der Waals surface area contributed by atoms with Gasteiger partial charge in [0.2, 0.25) is 0 Å². The Balaban J connectivity index is 1.44. The second kappa shape index (κ2) is 12.1. The molecule has 2 aliphatic heterocycles. The van der Waals surface area contributed by atoms with Gasteiger partial charge in [0.05, 0.1) is 36.9 Å². The maximum Gasteiger partial charge on any atom is 0.407 e. The molecule has 10 nitrogen and oxygen atoms in total. The van der Waals surface area contributed by atoms with E-state index in [1.54, 1.807) is 18.2 Å². The number of fused-ring (bicyclic) bond motifs is 4. The minimum absolute atomic E-state index is 0.0341. The van der Waals surface area contributed by atoms with Gasteiger partial charge in [-0.15, -0.1) is 0 Å². The van der Waals surface area contributed by atoms with Crippen LogP contribution in [-0.2, 0) is 36.1 Å². The second-order valence-electron chi connectivity index (χ2n) is 13.1. The maximum absolute atomic E-state index is 13.5. The first-order valence-electron chi connectivity index (χ1n) is 15.4. The summed E-state index contributed by atoms with van der Waals surface area (Å²) in [6.07, 6.45) is 7.78. The van der Waals surface area contributed by atoms with Crippen LogP contribution in [0.4, 0.5) is 10.5 Å². The molecule has 0 radical (unpaired) electrons. The Labute approximate surface area is 269 Å². The van der Waals surface area contributed by atoms with Gasteiger partial charge in [-0.2, -0.15) is 0 Å². The van der Waals surface area contributed by atoms with Gasteiger partial charge in [0.25, 0.3) is 15.9 Å². The van der Waals surface area contributed by atoms with E-state index in [2.05, 4.69) is 21.0 Å². The molecule has 45 heavy (non-hydrogen) atoms. The van der Waals surface area contributed by atoms with Gasteiger partial charge in [0.1, 0.15) is 11.4 Å². The van der Waals surface area contributed by atoms with E-state index < -0.39 is 27.6 Å². The fourth-order valence-electron chi connectivity index (χ4n) is 7.16. The van der Waals surface area contributed by atoms with Crippen molar-refractivity contribution in [3.05, 3.63) is 64.7 Å². The number of rotatable bonds is 1. The molecule has 2 aliphatic carbocycles. The number of ether oxygens (including phenoxy) is 3. The number of carbonyl (C=O) groups is 2. The van der Waals surface area contributed by atoms with Gasteiger partial charge in [-0.05, 0) is 99.2 Å². The number of halogens is 1. The lowest BCUT2D eigenvalue weighted by Gasteiger charge is -2.46. The molecule has 0 saturated heterocycles. The lowest BCUT2D eigenvalue weighted by Crippen LogP contribution is -2.52. The van der Waals surface area contributed by atoms with Crippen molar-refractivity contribution in [2.45, 2.75) is 67.9 Å². The Morgan fingerprint density at radius 2 is 2.00 bits per heavy atom. The minimum Gasteiger partial charge on any atom is -0.490 e. The van der Waals surface area contributed by atoms with E-state index in [-0.39, 0.29) is 34.8 Å². The van der Waals surface area contributed by atoms with Crippen LogP contribution in [0.1, 0.15) is 50.7 Å². The monoisotopic (exact) mass is 657 g/mol. The molecule has 4 aliphatic rings. The molecule has 2 aromatic carbocycles. The summed E-state index contributed by atoms with van der Waals surface area (Å²) in [6, 6.07) is 10.5. The van der Waals surface area contributed by atoms with Crippen molar-refractivity contribution in [3.63, 3.8) is 0 Å². The molecule has 0 aromatic heterocycles. The molecular weight excluding hydrogens is 618 g/mol. The van der Waals surface area contributed by atoms with Gasteiger partial charge in [-0.25, -0.2) is 17.9 Å². The van der Waals surface area contributed by atoms with E-state index >= 15 is 0 Å². The zero-order valence-electron chi connectivity index (χ0n) is 25.8. The third kappa shape index (κ3) is 6.26. The van der Waals surface area contributed by atoms with Crippen LogP contribution >= 0.6 is 11.6 Å². The summed E-state index contributed by atoms with van der Waals surface area (Å²) in [5, 5.41) is 3.68. The summed E-state index contributed by atoms with van der Waals surface area (Å²) < 4.78 is 46.5. The van der Waals surface area contributed by atoms with Crippen molar-refractivity contribution < 1.29 is 32.2 Å². The van der Waals surface area contributed by atoms with Crippen molar-refractivity contribution in [3.8, 4) is 5.75 Å². The molecule has 2 heterocycles. The van der Waals surface area contributed by atoms with Crippen LogP contribution < -0.4 is 19.7 Å². The van der Waals surface area contributed by atoms with Gasteiger partial charge in [-0.1, -0.05) is 29.8 Å². The maximum atomic E-state index is 13.5. The third-order valence-corrected chi connectivity index (χ3v) is 11.4.